The molecule has 0 N–H and O–H groups in total. The van der Waals surface area contributed by atoms with E-state index in [1.807, 2.05) is 69.2 Å². The van der Waals surface area contributed by atoms with Gasteiger partial charge in [0.25, 0.3) is 0 Å². The van der Waals surface area contributed by atoms with Gasteiger partial charge in [-0.05, 0) is 55.8 Å². The molecule has 23 heavy (non-hydrogen) atoms. The van der Waals surface area contributed by atoms with Crippen LogP contribution in [0.3, 0.4) is 0 Å². The van der Waals surface area contributed by atoms with Crippen molar-refractivity contribution in [1.29, 1.82) is 0 Å². The van der Waals surface area contributed by atoms with Gasteiger partial charge in [-0.3, -0.25) is 4.79 Å². The SMILES string of the molecule is CBC(C(=O)c1ccc(OC(C)C)cc1)c1ccc(OC)cc1. The van der Waals surface area contributed by atoms with E-state index in [0.717, 1.165) is 24.3 Å². The number of hydrogen-bond acceptors (Lipinski definition) is 3. The number of carbonyl (C=O) groups is 1. The van der Waals surface area contributed by atoms with Gasteiger partial charge in [0, 0.05) is 11.4 Å². The van der Waals surface area contributed by atoms with Crippen molar-refractivity contribution in [3.05, 3.63) is 59.7 Å². The number of hydrogen-bond donors (Lipinski definition) is 0. The Bertz CT molecular complexity index is 633. The number of carbonyl (C=O) groups excluding carboxylic acids is 1. The minimum absolute atomic E-state index is 0.124. The lowest BCUT2D eigenvalue weighted by atomic mass is 9.61. The van der Waals surface area contributed by atoms with Crippen LogP contribution in [0.2, 0.25) is 6.82 Å². The molecule has 0 amide bonds. The van der Waals surface area contributed by atoms with E-state index >= 15 is 0 Å². The molecule has 1 unspecified atom stereocenters. The molecule has 0 saturated heterocycles. The molecule has 0 saturated carbocycles. The maximum Gasteiger partial charge on any atom is 0.162 e. The van der Waals surface area contributed by atoms with Gasteiger partial charge in [0.2, 0.25) is 0 Å². The fraction of sp³-hybridized carbons (Fsp3) is 0.316. The van der Waals surface area contributed by atoms with E-state index in [9.17, 15) is 4.79 Å². The average Bonchev–Trinajstić information content (AvgIpc) is 2.56. The average molecular weight is 310 g/mol. The Morgan fingerprint density at radius 1 is 0.957 bits per heavy atom. The maximum atomic E-state index is 12.8. The van der Waals surface area contributed by atoms with Crippen LogP contribution in [0.5, 0.6) is 11.5 Å². The fourth-order valence-electron chi connectivity index (χ4n) is 2.58. The van der Waals surface area contributed by atoms with E-state index in [0.29, 0.717) is 5.56 Å². The molecule has 2 rings (SSSR count). The minimum Gasteiger partial charge on any atom is -0.497 e. The molecule has 3 nitrogen and oxygen atoms in total. The molecule has 0 fully saturated rings. The summed E-state index contributed by atoms with van der Waals surface area (Å²) in [6, 6.07) is 15.1. The first kappa shape index (κ1) is 17.1. The summed E-state index contributed by atoms with van der Waals surface area (Å²) in [4.78, 5) is 12.8. The Hall–Kier alpha value is -2.23. The molecule has 0 radical (unpaired) electrons. The minimum atomic E-state index is -0.141. The zero-order chi connectivity index (χ0) is 16.8. The zero-order valence-corrected chi connectivity index (χ0v) is 14.2. The van der Waals surface area contributed by atoms with Crippen molar-refractivity contribution in [2.45, 2.75) is 32.6 Å². The molecule has 0 aromatic heterocycles. The summed E-state index contributed by atoms with van der Waals surface area (Å²) in [6.07, 6.45) is 0.124. The second kappa shape index (κ2) is 7.86. The Kier molecular flexibility index (Phi) is 5.86. The Morgan fingerprint density at radius 2 is 1.52 bits per heavy atom. The van der Waals surface area contributed by atoms with Gasteiger partial charge in [-0.1, -0.05) is 19.0 Å². The van der Waals surface area contributed by atoms with Crippen molar-refractivity contribution in [2.24, 2.45) is 0 Å². The zero-order valence-electron chi connectivity index (χ0n) is 14.2. The second-order valence-corrected chi connectivity index (χ2v) is 5.79. The third kappa shape index (κ3) is 4.38. The summed E-state index contributed by atoms with van der Waals surface area (Å²) >= 11 is 0. The van der Waals surface area contributed by atoms with Crippen molar-refractivity contribution in [2.75, 3.05) is 7.11 Å². The van der Waals surface area contributed by atoms with E-state index in [-0.39, 0.29) is 17.7 Å². The highest BCUT2D eigenvalue weighted by atomic mass is 16.5. The van der Waals surface area contributed by atoms with Gasteiger partial charge in [-0.15, -0.1) is 0 Å². The van der Waals surface area contributed by atoms with Crippen molar-refractivity contribution < 1.29 is 14.3 Å². The third-order valence-electron chi connectivity index (χ3n) is 3.75. The normalized spacial score (nSPS) is 11.9. The monoisotopic (exact) mass is 310 g/mol. The van der Waals surface area contributed by atoms with Crippen molar-refractivity contribution in [3.63, 3.8) is 0 Å². The first-order valence-electron chi connectivity index (χ1n) is 8.00. The topological polar surface area (TPSA) is 35.5 Å². The number of benzene rings is 2. The van der Waals surface area contributed by atoms with Crippen LogP contribution in [0.1, 0.15) is 35.6 Å². The van der Waals surface area contributed by atoms with Crippen LogP contribution in [0.15, 0.2) is 48.5 Å². The highest BCUT2D eigenvalue weighted by molar-refractivity contribution is 6.44. The summed E-state index contributed by atoms with van der Waals surface area (Å²) < 4.78 is 10.8. The van der Waals surface area contributed by atoms with Gasteiger partial charge < -0.3 is 9.47 Å². The van der Waals surface area contributed by atoms with Gasteiger partial charge in [0.05, 0.1) is 13.2 Å². The maximum absolute atomic E-state index is 12.8. The summed E-state index contributed by atoms with van der Waals surface area (Å²) in [5.41, 5.74) is 1.73. The lowest BCUT2D eigenvalue weighted by Crippen LogP contribution is -2.17. The van der Waals surface area contributed by atoms with Crippen LogP contribution in [0, 0.1) is 0 Å². The molecule has 2 aromatic rings. The fourth-order valence-corrected chi connectivity index (χ4v) is 2.58. The van der Waals surface area contributed by atoms with E-state index in [4.69, 9.17) is 9.47 Å². The number of rotatable bonds is 7. The van der Waals surface area contributed by atoms with Crippen molar-refractivity contribution in [1.82, 2.24) is 0 Å². The molecule has 0 bridgehead atoms. The molecule has 0 aliphatic carbocycles. The van der Waals surface area contributed by atoms with Crippen LogP contribution in [-0.2, 0) is 0 Å². The molecule has 2 aromatic carbocycles. The summed E-state index contributed by atoms with van der Waals surface area (Å²) in [6.45, 7) is 5.99. The molecule has 0 heterocycles. The second-order valence-electron chi connectivity index (χ2n) is 5.79. The number of ether oxygens (including phenoxy) is 2. The Labute approximate surface area is 138 Å². The van der Waals surface area contributed by atoms with Gasteiger partial charge in [0.1, 0.15) is 18.8 Å². The van der Waals surface area contributed by atoms with Crippen molar-refractivity contribution in [3.8, 4) is 11.5 Å². The smallest absolute Gasteiger partial charge is 0.162 e. The number of ketones is 1. The van der Waals surface area contributed by atoms with Crippen molar-refractivity contribution >= 4 is 13.1 Å². The van der Waals surface area contributed by atoms with E-state index < -0.39 is 0 Å². The predicted molar refractivity (Wildman–Crippen MR) is 95.3 cm³/mol. The first-order chi connectivity index (χ1) is 11.0. The largest absolute Gasteiger partial charge is 0.497 e. The van der Waals surface area contributed by atoms with Crippen LogP contribution in [0.4, 0.5) is 0 Å². The molecular formula is C19H23BO3. The quantitative estimate of drug-likeness (QED) is 0.575. The molecule has 0 aliphatic heterocycles. The Balaban J connectivity index is 2.18. The first-order valence-corrected chi connectivity index (χ1v) is 8.00. The molecule has 1 atom stereocenters. The highest BCUT2D eigenvalue weighted by Crippen LogP contribution is 2.24. The van der Waals surface area contributed by atoms with Crippen LogP contribution in [-0.4, -0.2) is 26.3 Å². The lowest BCUT2D eigenvalue weighted by Gasteiger charge is -2.15. The molecule has 120 valence electrons. The summed E-state index contributed by atoms with van der Waals surface area (Å²) in [5.74, 6) is 1.58. The van der Waals surface area contributed by atoms with Gasteiger partial charge >= 0.3 is 0 Å². The molecular weight excluding hydrogens is 287 g/mol. The molecule has 0 aliphatic rings. The third-order valence-corrected chi connectivity index (χ3v) is 3.75. The van der Waals surface area contributed by atoms with E-state index in [1.165, 1.54) is 0 Å². The standard InChI is InChI=1S/C19H23BO3/c1-13(2)23-17-11-7-15(8-12-17)19(21)18(20-3)14-5-9-16(22-4)10-6-14/h5-13,18,20H,1-4H3. The van der Waals surface area contributed by atoms with E-state index in [1.54, 1.807) is 7.11 Å². The number of methoxy groups -OCH3 is 1. The molecule has 4 heteroatoms. The van der Waals surface area contributed by atoms with Crippen LogP contribution in [0.25, 0.3) is 0 Å². The van der Waals surface area contributed by atoms with Gasteiger partial charge in [-0.2, -0.15) is 0 Å². The van der Waals surface area contributed by atoms with E-state index in [2.05, 4.69) is 0 Å². The van der Waals surface area contributed by atoms with Crippen LogP contribution < -0.4 is 9.47 Å². The summed E-state index contributed by atoms with van der Waals surface area (Å²) in [7, 11) is 2.40. The predicted octanol–water partition coefficient (Wildman–Crippen LogP) is 3.89. The number of Topliss-reactive ketones (excluding diaryl/α,β-unsaturated/α-hetero) is 1. The molecule has 0 spiro atoms. The van der Waals surface area contributed by atoms with Gasteiger partial charge in [-0.25, -0.2) is 0 Å². The summed E-state index contributed by atoms with van der Waals surface area (Å²) in [5, 5.41) is 0. The lowest BCUT2D eigenvalue weighted by molar-refractivity contribution is 0.0986. The van der Waals surface area contributed by atoms with Crippen LogP contribution >= 0.6 is 0 Å². The van der Waals surface area contributed by atoms with Gasteiger partial charge in [0.15, 0.2) is 5.78 Å². The Morgan fingerprint density at radius 3 is 2.00 bits per heavy atom. The highest BCUT2D eigenvalue weighted by Gasteiger charge is 2.21.